The van der Waals surface area contributed by atoms with Crippen LogP contribution < -0.4 is 5.32 Å². The Bertz CT molecular complexity index is 753. The number of hydrogen-bond donors (Lipinski definition) is 3. The smallest absolute Gasteiger partial charge is 0.329 e. The molecule has 0 fully saturated rings. The molecule has 0 radical (unpaired) electrons. The second-order valence-corrected chi connectivity index (χ2v) is 6.64. The molecule has 0 saturated heterocycles. The van der Waals surface area contributed by atoms with Gasteiger partial charge < -0.3 is 20.3 Å². The van der Waals surface area contributed by atoms with Crippen LogP contribution in [-0.2, 0) is 27.2 Å². The molecule has 2 aromatic carbocycles. The van der Waals surface area contributed by atoms with Gasteiger partial charge in [0.15, 0.2) is 0 Å². The van der Waals surface area contributed by atoms with Crippen molar-refractivity contribution in [1.82, 2.24) is 5.32 Å². The van der Waals surface area contributed by atoms with Crippen molar-refractivity contribution in [2.45, 2.75) is 45.3 Å². The van der Waals surface area contributed by atoms with Crippen molar-refractivity contribution in [3.05, 3.63) is 59.7 Å². The van der Waals surface area contributed by atoms with E-state index in [4.69, 9.17) is 4.74 Å². The number of aromatic hydroxyl groups is 2. The van der Waals surface area contributed by atoms with E-state index in [0.29, 0.717) is 6.42 Å². The summed E-state index contributed by atoms with van der Waals surface area (Å²) >= 11 is 0. The van der Waals surface area contributed by atoms with Crippen molar-refractivity contribution >= 4 is 11.9 Å². The Hall–Kier alpha value is -3.02. The molecule has 1 unspecified atom stereocenters. The number of nitrogens with one attached hydrogen (secondary N) is 1. The SMILES string of the molecule is CC(C)OC(=O)C(Cc1ccc(O)cc1)NC(=O)CCc1ccc(O)cc1. The van der Waals surface area contributed by atoms with Gasteiger partial charge in [-0.05, 0) is 55.7 Å². The summed E-state index contributed by atoms with van der Waals surface area (Å²) in [5, 5.41) is 21.4. The van der Waals surface area contributed by atoms with E-state index in [1.54, 1.807) is 50.2 Å². The lowest BCUT2D eigenvalue weighted by Gasteiger charge is -2.19. The first-order valence-electron chi connectivity index (χ1n) is 8.89. The molecule has 3 N–H and O–H groups in total. The van der Waals surface area contributed by atoms with Crippen molar-refractivity contribution in [1.29, 1.82) is 0 Å². The first kappa shape index (κ1) is 20.3. The molecule has 0 aliphatic carbocycles. The van der Waals surface area contributed by atoms with Crippen molar-refractivity contribution in [2.24, 2.45) is 0 Å². The third-order valence-corrected chi connectivity index (χ3v) is 3.92. The quantitative estimate of drug-likeness (QED) is 0.620. The molecule has 1 amide bonds. The maximum Gasteiger partial charge on any atom is 0.329 e. The minimum absolute atomic E-state index is 0.137. The molecule has 0 spiro atoms. The van der Waals surface area contributed by atoms with E-state index in [9.17, 15) is 19.8 Å². The van der Waals surface area contributed by atoms with Gasteiger partial charge in [-0.25, -0.2) is 4.79 Å². The number of carbonyl (C=O) groups is 2. The highest BCUT2D eigenvalue weighted by Gasteiger charge is 2.23. The Balaban J connectivity index is 1.98. The van der Waals surface area contributed by atoms with Crippen molar-refractivity contribution in [3.63, 3.8) is 0 Å². The normalized spacial score (nSPS) is 11.8. The zero-order valence-electron chi connectivity index (χ0n) is 15.5. The maximum atomic E-state index is 12.4. The first-order chi connectivity index (χ1) is 12.8. The van der Waals surface area contributed by atoms with Gasteiger partial charge in [0, 0.05) is 12.8 Å². The second kappa shape index (κ2) is 9.62. The Morgan fingerprint density at radius 2 is 1.44 bits per heavy atom. The highest BCUT2D eigenvalue weighted by atomic mass is 16.5. The fourth-order valence-corrected chi connectivity index (χ4v) is 2.56. The molecular formula is C21H25NO5. The summed E-state index contributed by atoms with van der Waals surface area (Å²) in [5.41, 5.74) is 1.72. The standard InChI is InChI=1S/C21H25NO5/c1-14(2)27-21(26)19(13-16-5-10-18(24)11-6-16)22-20(25)12-7-15-3-8-17(23)9-4-15/h3-6,8-11,14,19,23-24H,7,12-13H2,1-2H3,(H,22,25). The Morgan fingerprint density at radius 1 is 0.926 bits per heavy atom. The number of phenols is 2. The number of rotatable bonds is 8. The van der Waals surface area contributed by atoms with E-state index in [1.165, 1.54) is 12.1 Å². The molecule has 6 heteroatoms. The monoisotopic (exact) mass is 371 g/mol. The highest BCUT2D eigenvalue weighted by Crippen LogP contribution is 2.13. The number of benzene rings is 2. The van der Waals surface area contributed by atoms with Crippen LogP contribution in [-0.4, -0.2) is 34.2 Å². The molecule has 2 rings (SSSR count). The Labute approximate surface area is 158 Å². The average molecular weight is 371 g/mol. The minimum atomic E-state index is -0.802. The summed E-state index contributed by atoms with van der Waals surface area (Å²) in [6.07, 6.45) is 0.702. The van der Waals surface area contributed by atoms with E-state index < -0.39 is 12.0 Å². The zero-order valence-corrected chi connectivity index (χ0v) is 15.5. The minimum Gasteiger partial charge on any atom is -0.508 e. The van der Waals surface area contributed by atoms with Gasteiger partial charge in [-0.3, -0.25) is 4.79 Å². The molecule has 0 saturated carbocycles. The molecule has 6 nitrogen and oxygen atoms in total. The molecule has 2 aromatic rings. The van der Waals surface area contributed by atoms with E-state index in [1.807, 2.05) is 0 Å². The predicted molar refractivity (Wildman–Crippen MR) is 101 cm³/mol. The van der Waals surface area contributed by atoms with Crippen LogP contribution in [0.25, 0.3) is 0 Å². The van der Waals surface area contributed by atoms with E-state index >= 15 is 0 Å². The van der Waals surface area contributed by atoms with Crippen LogP contribution in [0.1, 0.15) is 31.4 Å². The van der Waals surface area contributed by atoms with E-state index in [-0.39, 0.29) is 36.4 Å². The average Bonchev–Trinajstić information content (AvgIpc) is 2.62. The van der Waals surface area contributed by atoms with Crippen molar-refractivity contribution in [2.75, 3.05) is 0 Å². The van der Waals surface area contributed by atoms with Gasteiger partial charge in [0.25, 0.3) is 0 Å². The molecule has 0 heterocycles. The Kier molecular flexibility index (Phi) is 7.23. The largest absolute Gasteiger partial charge is 0.508 e. The summed E-state index contributed by atoms with van der Waals surface area (Å²) in [5.74, 6) is -0.435. The van der Waals surface area contributed by atoms with Gasteiger partial charge >= 0.3 is 5.97 Å². The van der Waals surface area contributed by atoms with Crippen LogP contribution >= 0.6 is 0 Å². The lowest BCUT2D eigenvalue weighted by molar-refractivity contribution is -0.151. The lowest BCUT2D eigenvalue weighted by Crippen LogP contribution is -2.44. The van der Waals surface area contributed by atoms with Crippen LogP contribution in [0, 0.1) is 0 Å². The summed E-state index contributed by atoms with van der Waals surface area (Å²) in [6.45, 7) is 3.50. The lowest BCUT2D eigenvalue weighted by atomic mass is 10.0. The van der Waals surface area contributed by atoms with Crippen LogP contribution in [0.2, 0.25) is 0 Å². The van der Waals surface area contributed by atoms with Crippen molar-refractivity contribution < 1.29 is 24.5 Å². The van der Waals surface area contributed by atoms with Crippen LogP contribution in [0.4, 0.5) is 0 Å². The fraction of sp³-hybridized carbons (Fsp3) is 0.333. The van der Waals surface area contributed by atoms with Crippen molar-refractivity contribution in [3.8, 4) is 11.5 Å². The molecule has 27 heavy (non-hydrogen) atoms. The van der Waals surface area contributed by atoms with Gasteiger partial charge in [0.2, 0.25) is 5.91 Å². The summed E-state index contributed by atoms with van der Waals surface area (Å²) in [7, 11) is 0. The number of aryl methyl sites for hydroxylation is 1. The second-order valence-electron chi connectivity index (χ2n) is 6.64. The molecular weight excluding hydrogens is 346 g/mol. The van der Waals surface area contributed by atoms with E-state index in [2.05, 4.69) is 5.32 Å². The van der Waals surface area contributed by atoms with Gasteiger partial charge in [-0.1, -0.05) is 24.3 Å². The molecule has 144 valence electrons. The molecule has 0 aliphatic rings. The first-order valence-corrected chi connectivity index (χ1v) is 8.89. The molecule has 0 aliphatic heterocycles. The van der Waals surface area contributed by atoms with Gasteiger partial charge in [-0.15, -0.1) is 0 Å². The number of esters is 1. The molecule has 1 atom stereocenters. The summed E-state index contributed by atoms with van der Waals surface area (Å²) in [4.78, 5) is 24.7. The number of amides is 1. The zero-order chi connectivity index (χ0) is 19.8. The third kappa shape index (κ3) is 7.01. The third-order valence-electron chi connectivity index (χ3n) is 3.92. The van der Waals surface area contributed by atoms with Gasteiger partial charge in [0.1, 0.15) is 17.5 Å². The maximum absolute atomic E-state index is 12.4. The highest BCUT2D eigenvalue weighted by molar-refractivity contribution is 5.84. The van der Waals surface area contributed by atoms with E-state index in [0.717, 1.165) is 11.1 Å². The van der Waals surface area contributed by atoms with Gasteiger partial charge in [-0.2, -0.15) is 0 Å². The topological polar surface area (TPSA) is 95.9 Å². The number of carbonyl (C=O) groups excluding carboxylic acids is 2. The summed E-state index contributed by atoms with van der Waals surface area (Å²) < 4.78 is 5.25. The fourth-order valence-electron chi connectivity index (χ4n) is 2.56. The number of phenolic OH excluding ortho intramolecular Hbond substituents is 2. The van der Waals surface area contributed by atoms with Crippen LogP contribution in [0.3, 0.4) is 0 Å². The number of ether oxygens (including phenoxy) is 1. The molecule has 0 aromatic heterocycles. The van der Waals surface area contributed by atoms with Crippen LogP contribution in [0.5, 0.6) is 11.5 Å². The summed E-state index contributed by atoms with van der Waals surface area (Å²) in [6, 6.07) is 12.3. The Morgan fingerprint density at radius 3 is 1.96 bits per heavy atom. The number of hydrogen-bond acceptors (Lipinski definition) is 5. The van der Waals surface area contributed by atoms with Gasteiger partial charge in [0.05, 0.1) is 6.10 Å². The predicted octanol–water partition coefficient (Wildman–Crippen LogP) is 2.71. The van der Waals surface area contributed by atoms with Crippen LogP contribution in [0.15, 0.2) is 48.5 Å². The molecule has 0 bridgehead atoms.